The Morgan fingerprint density at radius 1 is 1.55 bits per heavy atom. The second-order valence-electron chi connectivity index (χ2n) is 3.97. The van der Waals surface area contributed by atoms with Crippen molar-refractivity contribution in [2.75, 3.05) is 23.9 Å². The van der Waals surface area contributed by atoms with Crippen LogP contribution in [0.25, 0.3) is 0 Å². The number of nitrogens with one attached hydrogen (secondary N) is 1. The van der Waals surface area contributed by atoms with Crippen LogP contribution in [-0.4, -0.2) is 38.8 Å². The molecule has 1 rings (SSSR count). The molecule has 9 heteroatoms. The SMILES string of the molecule is CS(=O)CCCNc1cc(C(=O)O)c(F)cc1[N+](=O)[O-]. The molecule has 0 fully saturated rings. The fourth-order valence-electron chi connectivity index (χ4n) is 1.52. The van der Waals surface area contributed by atoms with E-state index in [4.69, 9.17) is 5.11 Å². The van der Waals surface area contributed by atoms with Crippen LogP contribution in [0.15, 0.2) is 12.1 Å². The molecule has 7 nitrogen and oxygen atoms in total. The highest BCUT2D eigenvalue weighted by Crippen LogP contribution is 2.27. The van der Waals surface area contributed by atoms with Gasteiger partial charge in [-0.15, -0.1) is 0 Å². The summed E-state index contributed by atoms with van der Waals surface area (Å²) in [7, 11) is -0.981. The minimum absolute atomic E-state index is 0.0734. The van der Waals surface area contributed by atoms with Gasteiger partial charge in [0.2, 0.25) is 0 Å². The number of benzene rings is 1. The van der Waals surface area contributed by atoms with E-state index in [2.05, 4.69) is 5.32 Å². The van der Waals surface area contributed by atoms with Crippen molar-refractivity contribution in [1.82, 2.24) is 0 Å². The zero-order valence-electron chi connectivity index (χ0n) is 10.6. The van der Waals surface area contributed by atoms with E-state index >= 15 is 0 Å². The van der Waals surface area contributed by atoms with Gasteiger partial charge in [-0.3, -0.25) is 14.3 Å². The van der Waals surface area contributed by atoms with Crippen LogP contribution in [0.4, 0.5) is 15.8 Å². The number of carboxylic acids is 1. The molecule has 0 aromatic heterocycles. The molecule has 0 saturated carbocycles. The van der Waals surface area contributed by atoms with Gasteiger partial charge >= 0.3 is 5.97 Å². The monoisotopic (exact) mass is 304 g/mol. The lowest BCUT2D eigenvalue weighted by molar-refractivity contribution is -0.384. The first-order chi connectivity index (χ1) is 9.32. The molecule has 1 unspecified atom stereocenters. The van der Waals surface area contributed by atoms with Crippen molar-refractivity contribution in [2.24, 2.45) is 0 Å². The number of nitro benzene ring substituents is 1. The van der Waals surface area contributed by atoms with E-state index in [0.29, 0.717) is 18.2 Å². The third kappa shape index (κ3) is 4.26. The van der Waals surface area contributed by atoms with Crippen molar-refractivity contribution < 1.29 is 23.4 Å². The molecule has 0 aliphatic carbocycles. The molecule has 1 atom stereocenters. The second kappa shape index (κ2) is 6.94. The summed E-state index contributed by atoms with van der Waals surface area (Å²) in [5, 5.41) is 22.3. The summed E-state index contributed by atoms with van der Waals surface area (Å²) in [4.78, 5) is 20.8. The zero-order chi connectivity index (χ0) is 15.3. The molecule has 0 spiro atoms. The minimum atomic E-state index is -1.50. The third-order valence-corrected chi connectivity index (χ3v) is 3.30. The van der Waals surface area contributed by atoms with Crippen molar-refractivity contribution in [3.8, 4) is 0 Å². The Bertz CT molecular complexity index is 564. The average molecular weight is 304 g/mol. The van der Waals surface area contributed by atoms with Crippen molar-refractivity contribution in [3.63, 3.8) is 0 Å². The fraction of sp³-hybridized carbons (Fsp3) is 0.364. The van der Waals surface area contributed by atoms with Gasteiger partial charge < -0.3 is 10.4 Å². The number of hydrogen-bond acceptors (Lipinski definition) is 5. The fourth-order valence-corrected chi connectivity index (χ4v) is 2.07. The van der Waals surface area contributed by atoms with Crippen molar-refractivity contribution >= 4 is 28.1 Å². The number of nitrogens with zero attached hydrogens (tertiary/aromatic N) is 1. The average Bonchev–Trinajstić information content (AvgIpc) is 2.34. The lowest BCUT2D eigenvalue weighted by atomic mass is 10.1. The van der Waals surface area contributed by atoms with E-state index in [1.54, 1.807) is 0 Å². The standard InChI is InChI=1S/C11H13FN2O5S/c1-20(19)4-2-3-13-9-5-7(11(15)16)8(12)6-10(9)14(17)18/h5-6,13H,2-4H2,1H3,(H,15,16). The van der Waals surface area contributed by atoms with E-state index in [-0.39, 0.29) is 12.2 Å². The number of anilines is 1. The summed E-state index contributed by atoms with van der Waals surface area (Å²) in [5.41, 5.74) is -1.25. The molecular weight excluding hydrogens is 291 g/mol. The molecule has 0 heterocycles. The highest BCUT2D eigenvalue weighted by atomic mass is 32.2. The topological polar surface area (TPSA) is 110 Å². The summed E-state index contributed by atoms with van der Waals surface area (Å²) < 4.78 is 24.2. The summed E-state index contributed by atoms with van der Waals surface area (Å²) in [6, 6.07) is 1.46. The number of hydrogen-bond donors (Lipinski definition) is 2. The first-order valence-electron chi connectivity index (χ1n) is 5.58. The molecule has 0 radical (unpaired) electrons. The molecule has 0 saturated heterocycles. The quantitative estimate of drug-likeness (QED) is 0.450. The molecular formula is C11H13FN2O5S. The maximum atomic E-state index is 13.4. The van der Waals surface area contributed by atoms with Crippen LogP contribution in [0.2, 0.25) is 0 Å². The Kier molecular flexibility index (Phi) is 5.56. The van der Waals surface area contributed by atoms with E-state index < -0.39 is 38.8 Å². The minimum Gasteiger partial charge on any atom is -0.478 e. The number of carboxylic acid groups (broad SMARTS) is 1. The molecule has 2 N–H and O–H groups in total. The zero-order valence-corrected chi connectivity index (χ0v) is 11.4. The Balaban J connectivity index is 2.96. The third-order valence-electron chi connectivity index (χ3n) is 2.44. The normalized spacial score (nSPS) is 11.9. The summed E-state index contributed by atoms with van der Waals surface area (Å²) in [5.74, 6) is -2.26. The van der Waals surface area contributed by atoms with Crippen LogP contribution >= 0.6 is 0 Å². The Morgan fingerprint density at radius 3 is 2.70 bits per heavy atom. The maximum absolute atomic E-state index is 13.4. The summed E-state index contributed by atoms with van der Waals surface area (Å²) >= 11 is 0. The van der Waals surface area contributed by atoms with Crippen LogP contribution in [-0.2, 0) is 10.8 Å². The Morgan fingerprint density at radius 2 is 2.20 bits per heavy atom. The van der Waals surface area contributed by atoms with E-state index in [0.717, 1.165) is 6.07 Å². The smallest absolute Gasteiger partial charge is 0.338 e. The number of halogens is 1. The maximum Gasteiger partial charge on any atom is 0.338 e. The van der Waals surface area contributed by atoms with Crippen molar-refractivity contribution in [1.29, 1.82) is 0 Å². The number of rotatable bonds is 7. The number of nitro groups is 1. The van der Waals surface area contributed by atoms with Gasteiger partial charge in [-0.1, -0.05) is 0 Å². The predicted octanol–water partition coefficient (Wildman–Crippen LogP) is 1.61. The first-order valence-corrected chi connectivity index (χ1v) is 7.30. The lowest BCUT2D eigenvalue weighted by Crippen LogP contribution is -2.10. The van der Waals surface area contributed by atoms with Crippen LogP contribution in [0, 0.1) is 15.9 Å². The predicted molar refractivity (Wildman–Crippen MR) is 72.1 cm³/mol. The molecule has 0 aliphatic heterocycles. The first kappa shape index (κ1) is 16.0. The molecule has 1 aromatic rings. The van der Waals surface area contributed by atoms with E-state index in [9.17, 15) is 23.5 Å². The van der Waals surface area contributed by atoms with Gasteiger partial charge in [0.05, 0.1) is 16.6 Å². The van der Waals surface area contributed by atoms with Crippen LogP contribution < -0.4 is 5.32 Å². The molecule has 110 valence electrons. The summed E-state index contributed by atoms with van der Waals surface area (Å²) in [6.45, 7) is 0.269. The second-order valence-corrected chi connectivity index (χ2v) is 5.52. The van der Waals surface area contributed by atoms with Crippen molar-refractivity contribution in [2.45, 2.75) is 6.42 Å². The summed E-state index contributed by atoms with van der Waals surface area (Å²) in [6.07, 6.45) is 2.02. The highest BCUT2D eigenvalue weighted by Gasteiger charge is 2.21. The van der Waals surface area contributed by atoms with Gasteiger partial charge in [0.25, 0.3) is 5.69 Å². The molecule has 20 heavy (non-hydrogen) atoms. The van der Waals surface area contributed by atoms with Gasteiger partial charge in [0, 0.05) is 29.4 Å². The van der Waals surface area contributed by atoms with Gasteiger partial charge in [-0.2, -0.15) is 0 Å². The molecule has 1 aromatic carbocycles. The van der Waals surface area contributed by atoms with Crippen LogP contribution in [0.1, 0.15) is 16.8 Å². The van der Waals surface area contributed by atoms with E-state index in [1.807, 2.05) is 0 Å². The van der Waals surface area contributed by atoms with Gasteiger partial charge in [-0.25, -0.2) is 9.18 Å². The Hall–Kier alpha value is -2.03. The van der Waals surface area contributed by atoms with Crippen LogP contribution in [0.5, 0.6) is 0 Å². The molecule has 0 aliphatic rings. The highest BCUT2D eigenvalue weighted by molar-refractivity contribution is 7.84. The lowest BCUT2D eigenvalue weighted by Gasteiger charge is -2.08. The number of carbonyl (C=O) groups is 1. The van der Waals surface area contributed by atoms with Gasteiger partial charge in [0.15, 0.2) is 0 Å². The van der Waals surface area contributed by atoms with E-state index in [1.165, 1.54) is 6.26 Å². The Labute approximate surface area is 116 Å². The molecule has 0 amide bonds. The van der Waals surface area contributed by atoms with Gasteiger partial charge in [-0.05, 0) is 12.5 Å². The van der Waals surface area contributed by atoms with Crippen molar-refractivity contribution in [3.05, 3.63) is 33.6 Å². The largest absolute Gasteiger partial charge is 0.478 e. The van der Waals surface area contributed by atoms with Gasteiger partial charge in [0.1, 0.15) is 11.5 Å². The van der Waals surface area contributed by atoms with Crippen LogP contribution in [0.3, 0.4) is 0 Å². The number of aromatic carboxylic acids is 1. The molecule has 0 bridgehead atoms.